The molecule has 0 amide bonds. The molecule has 0 bridgehead atoms. The van der Waals surface area contributed by atoms with Gasteiger partial charge >= 0.3 is 0 Å². The van der Waals surface area contributed by atoms with Gasteiger partial charge in [-0.15, -0.1) is 6.58 Å². The van der Waals surface area contributed by atoms with Crippen molar-refractivity contribution in [2.75, 3.05) is 0 Å². The molecule has 1 nitrogen and oxygen atoms in total. The summed E-state index contributed by atoms with van der Waals surface area (Å²) in [6, 6.07) is 0. The Morgan fingerprint density at radius 2 is 1.50 bits per heavy atom. The molecule has 2 unspecified atom stereocenters. The molecule has 0 aromatic heterocycles. The van der Waals surface area contributed by atoms with Crippen LogP contribution in [-0.4, -0.2) is 10.7 Å². The van der Waals surface area contributed by atoms with E-state index in [4.69, 9.17) is 0 Å². The smallest absolute Gasteiger partial charge is 0.0802 e. The Bertz CT molecular complexity index is 228. The summed E-state index contributed by atoms with van der Waals surface area (Å²) >= 11 is 0. The molecule has 0 aromatic carbocycles. The Kier molecular flexibility index (Phi) is 5.25. The number of hydrogen-bond donors (Lipinski definition) is 1. The first kappa shape index (κ1) is 15.7. The molecule has 0 radical (unpaired) electrons. The molecule has 0 heterocycles. The Morgan fingerprint density at radius 1 is 1.00 bits per heavy atom. The van der Waals surface area contributed by atoms with Crippen LogP contribution in [0.3, 0.4) is 0 Å². The lowest BCUT2D eigenvalue weighted by molar-refractivity contribution is 0.0296. The molecule has 1 heteroatoms. The van der Waals surface area contributed by atoms with Crippen molar-refractivity contribution in [3.8, 4) is 0 Å². The molecule has 0 spiro atoms. The maximum Gasteiger partial charge on any atom is 0.0802 e. The molecule has 1 N–H and O–H groups in total. The van der Waals surface area contributed by atoms with E-state index < -0.39 is 5.60 Å². The number of aliphatic hydroxyl groups is 1. The molecule has 96 valence electrons. The molecule has 0 aliphatic rings. The maximum atomic E-state index is 10.1. The minimum Gasteiger partial charge on any atom is -0.386 e. The van der Waals surface area contributed by atoms with Crippen molar-refractivity contribution in [3.63, 3.8) is 0 Å². The summed E-state index contributed by atoms with van der Waals surface area (Å²) < 4.78 is 0. The van der Waals surface area contributed by atoms with Gasteiger partial charge in [-0.25, -0.2) is 0 Å². The minimum absolute atomic E-state index is 0.192. The Labute approximate surface area is 102 Å². The molecule has 0 saturated carbocycles. The highest BCUT2D eigenvalue weighted by molar-refractivity contribution is 4.97. The number of hydrogen-bond acceptors (Lipinski definition) is 1. The lowest BCUT2D eigenvalue weighted by Gasteiger charge is -2.40. The van der Waals surface area contributed by atoms with E-state index in [2.05, 4.69) is 41.2 Å². The van der Waals surface area contributed by atoms with Crippen LogP contribution >= 0.6 is 0 Å². The van der Waals surface area contributed by atoms with Crippen molar-refractivity contribution >= 4 is 0 Å². The highest BCUT2D eigenvalue weighted by Gasteiger charge is 2.35. The van der Waals surface area contributed by atoms with E-state index in [0.717, 1.165) is 19.3 Å². The van der Waals surface area contributed by atoms with Gasteiger partial charge in [0.1, 0.15) is 0 Å². The van der Waals surface area contributed by atoms with Gasteiger partial charge < -0.3 is 5.11 Å². The predicted octanol–water partition coefficient (Wildman–Crippen LogP) is 4.56. The molecule has 0 aliphatic heterocycles. The second-order valence-electron chi connectivity index (χ2n) is 6.60. The average Bonchev–Trinajstić information content (AvgIpc) is 2.16. The fraction of sp³-hybridized carbons (Fsp3) is 0.867. The van der Waals surface area contributed by atoms with Crippen LogP contribution in [0.1, 0.15) is 67.2 Å². The van der Waals surface area contributed by atoms with E-state index in [1.807, 2.05) is 6.92 Å². The van der Waals surface area contributed by atoms with E-state index in [1.165, 1.54) is 6.42 Å². The third kappa shape index (κ3) is 5.16. The zero-order valence-corrected chi connectivity index (χ0v) is 12.1. The predicted molar refractivity (Wildman–Crippen MR) is 72.5 cm³/mol. The van der Waals surface area contributed by atoms with Gasteiger partial charge in [-0.3, -0.25) is 0 Å². The van der Waals surface area contributed by atoms with E-state index in [-0.39, 0.29) is 5.41 Å². The van der Waals surface area contributed by atoms with Crippen LogP contribution in [0.25, 0.3) is 0 Å². The molecule has 2 atom stereocenters. The SMILES string of the molecule is C=CC(C)(O)CC(C)(CC)CC(C)(C)CC. The van der Waals surface area contributed by atoms with E-state index in [1.54, 1.807) is 6.08 Å². The van der Waals surface area contributed by atoms with Gasteiger partial charge in [0.15, 0.2) is 0 Å². The van der Waals surface area contributed by atoms with Crippen LogP contribution in [0.15, 0.2) is 12.7 Å². The standard InChI is InChI=1S/C15H30O/c1-8-13(4,5)11-14(6,9-2)12-15(7,16)10-3/h10,16H,3,8-9,11-12H2,1-2,4-7H3. The van der Waals surface area contributed by atoms with Crippen LogP contribution < -0.4 is 0 Å². The van der Waals surface area contributed by atoms with Crippen molar-refractivity contribution in [2.45, 2.75) is 72.8 Å². The second kappa shape index (κ2) is 5.35. The molecular formula is C15H30O. The minimum atomic E-state index is -0.741. The van der Waals surface area contributed by atoms with Gasteiger partial charge in [0, 0.05) is 0 Å². The molecule has 0 rings (SSSR count). The van der Waals surface area contributed by atoms with Crippen molar-refractivity contribution < 1.29 is 5.11 Å². The van der Waals surface area contributed by atoms with Crippen LogP contribution in [0, 0.1) is 10.8 Å². The highest BCUT2D eigenvalue weighted by atomic mass is 16.3. The summed E-state index contributed by atoms with van der Waals surface area (Å²) in [5, 5.41) is 10.1. The van der Waals surface area contributed by atoms with Crippen LogP contribution in [0.5, 0.6) is 0 Å². The van der Waals surface area contributed by atoms with Gasteiger partial charge in [0.2, 0.25) is 0 Å². The number of rotatable bonds is 7. The second-order valence-corrected chi connectivity index (χ2v) is 6.60. The fourth-order valence-electron chi connectivity index (χ4n) is 2.53. The monoisotopic (exact) mass is 226 g/mol. The Hall–Kier alpha value is -0.300. The zero-order valence-electron chi connectivity index (χ0n) is 12.1. The van der Waals surface area contributed by atoms with Crippen molar-refractivity contribution in [1.82, 2.24) is 0 Å². The lowest BCUT2D eigenvalue weighted by atomic mass is 9.67. The average molecular weight is 226 g/mol. The Balaban J connectivity index is 4.73. The Morgan fingerprint density at radius 3 is 1.81 bits per heavy atom. The third-order valence-electron chi connectivity index (χ3n) is 3.94. The summed E-state index contributed by atoms with van der Waals surface area (Å²) in [6.45, 7) is 16.9. The van der Waals surface area contributed by atoms with Crippen molar-refractivity contribution in [2.24, 2.45) is 10.8 Å². The van der Waals surface area contributed by atoms with Gasteiger partial charge in [0.05, 0.1) is 5.60 Å². The highest BCUT2D eigenvalue weighted by Crippen LogP contribution is 2.43. The largest absolute Gasteiger partial charge is 0.386 e. The maximum absolute atomic E-state index is 10.1. The molecule has 0 aromatic rings. The summed E-state index contributed by atoms with van der Waals surface area (Å²) in [5.41, 5.74) is -0.201. The topological polar surface area (TPSA) is 20.2 Å². The third-order valence-corrected chi connectivity index (χ3v) is 3.94. The van der Waals surface area contributed by atoms with Crippen LogP contribution in [0.4, 0.5) is 0 Å². The fourth-order valence-corrected chi connectivity index (χ4v) is 2.53. The first-order valence-electron chi connectivity index (χ1n) is 6.46. The van der Waals surface area contributed by atoms with Gasteiger partial charge in [-0.2, -0.15) is 0 Å². The van der Waals surface area contributed by atoms with Crippen molar-refractivity contribution in [1.29, 1.82) is 0 Å². The van der Waals surface area contributed by atoms with Gasteiger partial charge in [-0.05, 0) is 30.6 Å². The molecule has 0 saturated heterocycles. The first-order chi connectivity index (χ1) is 7.10. The summed E-state index contributed by atoms with van der Waals surface area (Å²) in [4.78, 5) is 0. The molecular weight excluding hydrogens is 196 g/mol. The van der Waals surface area contributed by atoms with Crippen LogP contribution in [0.2, 0.25) is 0 Å². The summed E-state index contributed by atoms with van der Waals surface area (Å²) in [6.07, 6.45) is 5.89. The molecule has 16 heavy (non-hydrogen) atoms. The summed E-state index contributed by atoms with van der Waals surface area (Å²) in [5.74, 6) is 0. The van der Waals surface area contributed by atoms with E-state index >= 15 is 0 Å². The summed E-state index contributed by atoms with van der Waals surface area (Å²) in [7, 11) is 0. The van der Waals surface area contributed by atoms with Gasteiger partial charge in [-0.1, -0.05) is 53.5 Å². The van der Waals surface area contributed by atoms with Crippen LogP contribution in [-0.2, 0) is 0 Å². The zero-order chi connectivity index (χ0) is 13.0. The van der Waals surface area contributed by atoms with Crippen molar-refractivity contribution in [3.05, 3.63) is 12.7 Å². The van der Waals surface area contributed by atoms with Gasteiger partial charge in [0.25, 0.3) is 0 Å². The molecule has 0 fully saturated rings. The van der Waals surface area contributed by atoms with E-state index in [0.29, 0.717) is 5.41 Å². The molecule has 0 aliphatic carbocycles. The first-order valence-corrected chi connectivity index (χ1v) is 6.46. The van der Waals surface area contributed by atoms with E-state index in [9.17, 15) is 5.11 Å². The normalized spacial score (nSPS) is 19.9. The quantitative estimate of drug-likeness (QED) is 0.631. The lowest BCUT2D eigenvalue weighted by Crippen LogP contribution is -2.34.